The van der Waals surface area contributed by atoms with Gasteiger partial charge in [0.05, 0.1) is 22.8 Å². The number of rotatable bonds is 7. The van der Waals surface area contributed by atoms with Crippen molar-refractivity contribution in [2.45, 2.75) is 12.8 Å². The van der Waals surface area contributed by atoms with Gasteiger partial charge in [0.1, 0.15) is 0 Å². The first-order valence-electron chi connectivity index (χ1n) is 8.10. The van der Waals surface area contributed by atoms with E-state index in [-0.39, 0.29) is 35.3 Å². The van der Waals surface area contributed by atoms with E-state index in [4.69, 9.17) is 4.74 Å². The van der Waals surface area contributed by atoms with E-state index in [2.05, 4.69) is 16.0 Å². The lowest BCUT2D eigenvalue weighted by atomic mass is 9.97. The van der Waals surface area contributed by atoms with Crippen molar-refractivity contribution in [3.63, 3.8) is 0 Å². The van der Waals surface area contributed by atoms with Gasteiger partial charge in [-0.15, -0.1) is 0 Å². The van der Waals surface area contributed by atoms with E-state index >= 15 is 0 Å². The second-order valence-electron chi connectivity index (χ2n) is 5.75. The van der Waals surface area contributed by atoms with Crippen LogP contribution < -0.4 is 16.0 Å². The third-order valence-corrected chi connectivity index (χ3v) is 4.02. The quantitative estimate of drug-likeness (QED) is 0.382. The predicted octanol–water partition coefficient (Wildman–Crippen LogP) is 0.909. The maximum atomic E-state index is 12.4. The van der Waals surface area contributed by atoms with Crippen LogP contribution in [0.2, 0.25) is 0 Å². The van der Waals surface area contributed by atoms with Crippen LogP contribution in [-0.2, 0) is 9.53 Å². The maximum absolute atomic E-state index is 12.4. The Morgan fingerprint density at radius 2 is 2.08 bits per heavy atom. The number of nitrogens with zero attached hydrogens (tertiary/aromatic N) is 1. The third-order valence-electron chi connectivity index (χ3n) is 4.02. The second-order valence-corrected chi connectivity index (χ2v) is 5.75. The molecule has 136 valence electrons. The monoisotopic (exact) mass is 350 g/mol. The van der Waals surface area contributed by atoms with Crippen LogP contribution in [0.3, 0.4) is 0 Å². The van der Waals surface area contributed by atoms with Crippen molar-refractivity contribution in [1.82, 2.24) is 10.6 Å². The van der Waals surface area contributed by atoms with Crippen molar-refractivity contribution < 1.29 is 19.2 Å². The Balaban J connectivity index is 2.18. The molecule has 3 N–H and O–H groups in total. The molecule has 0 aromatic heterocycles. The van der Waals surface area contributed by atoms with Crippen molar-refractivity contribution in [2.75, 3.05) is 38.7 Å². The summed E-state index contributed by atoms with van der Waals surface area (Å²) in [6, 6.07) is 3.83. The molecule has 9 heteroatoms. The summed E-state index contributed by atoms with van der Waals surface area (Å²) in [6.45, 7) is 2.11. The van der Waals surface area contributed by atoms with E-state index in [0.29, 0.717) is 19.4 Å². The molecule has 0 bridgehead atoms. The summed E-state index contributed by atoms with van der Waals surface area (Å²) >= 11 is 0. The number of hydrogen-bond acceptors (Lipinski definition) is 6. The second kappa shape index (κ2) is 9.09. The molecule has 1 saturated heterocycles. The Hall–Kier alpha value is -2.52. The van der Waals surface area contributed by atoms with Gasteiger partial charge in [-0.2, -0.15) is 0 Å². The lowest BCUT2D eigenvalue weighted by molar-refractivity contribution is -0.384. The van der Waals surface area contributed by atoms with Crippen LogP contribution in [-0.4, -0.2) is 50.1 Å². The van der Waals surface area contributed by atoms with Crippen molar-refractivity contribution in [2.24, 2.45) is 5.92 Å². The van der Waals surface area contributed by atoms with Crippen LogP contribution in [0.15, 0.2) is 18.2 Å². The SMILES string of the molecule is COCCNC(=O)c1cc([N+](=O)[O-])ccc1NC(=O)C1CCNCC1. The molecule has 2 amide bonds. The summed E-state index contributed by atoms with van der Waals surface area (Å²) in [4.78, 5) is 35.1. The Morgan fingerprint density at radius 3 is 2.72 bits per heavy atom. The highest BCUT2D eigenvalue weighted by Crippen LogP contribution is 2.24. The number of ether oxygens (including phenoxy) is 1. The average molecular weight is 350 g/mol. The molecule has 2 rings (SSSR count). The highest BCUT2D eigenvalue weighted by atomic mass is 16.6. The summed E-state index contributed by atoms with van der Waals surface area (Å²) in [6.07, 6.45) is 1.43. The lowest BCUT2D eigenvalue weighted by Crippen LogP contribution is -2.35. The summed E-state index contributed by atoms with van der Waals surface area (Å²) in [5.74, 6) is -0.816. The highest BCUT2D eigenvalue weighted by molar-refractivity contribution is 6.04. The van der Waals surface area contributed by atoms with Gasteiger partial charge in [-0.25, -0.2) is 0 Å². The summed E-state index contributed by atoms with van der Waals surface area (Å²) < 4.78 is 4.87. The summed E-state index contributed by atoms with van der Waals surface area (Å²) in [7, 11) is 1.50. The minimum atomic E-state index is -0.579. The van der Waals surface area contributed by atoms with Crippen LogP contribution >= 0.6 is 0 Å². The number of methoxy groups -OCH3 is 1. The number of non-ortho nitro benzene ring substituents is 1. The molecular weight excluding hydrogens is 328 g/mol. The number of nitro benzene ring substituents is 1. The first-order chi connectivity index (χ1) is 12.0. The Kier molecular flexibility index (Phi) is 6.84. The van der Waals surface area contributed by atoms with Crippen LogP contribution in [0.4, 0.5) is 11.4 Å². The molecule has 0 atom stereocenters. The van der Waals surface area contributed by atoms with Gasteiger partial charge in [-0.05, 0) is 32.0 Å². The smallest absolute Gasteiger partial charge is 0.270 e. The Labute approximate surface area is 145 Å². The molecule has 0 radical (unpaired) electrons. The van der Waals surface area contributed by atoms with Gasteiger partial charge in [-0.3, -0.25) is 19.7 Å². The molecule has 1 heterocycles. The third kappa shape index (κ3) is 5.23. The number of hydrogen-bond donors (Lipinski definition) is 3. The Morgan fingerprint density at radius 1 is 1.36 bits per heavy atom. The molecular formula is C16H22N4O5. The topological polar surface area (TPSA) is 123 Å². The average Bonchev–Trinajstić information content (AvgIpc) is 2.62. The van der Waals surface area contributed by atoms with Crippen LogP contribution in [0.5, 0.6) is 0 Å². The van der Waals surface area contributed by atoms with Gasteiger partial charge in [0.2, 0.25) is 5.91 Å². The van der Waals surface area contributed by atoms with E-state index in [9.17, 15) is 19.7 Å². The highest BCUT2D eigenvalue weighted by Gasteiger charge is 2.23. The Bertz CT molecular complexity index is 643. The van der Waals surface area contributed by atoms with Crippen LogP contribution in [0.25, 0.3) is 0 Å². The zero-order valence-corrected chi connectivity index (χ0v) is 14.0. The molecule has 0 aliphatic carbocycles. The number of carbonyl (C=O) groups is 2. The number of carbonyl (C=O) groups excluding carboxylic acids is 2. The van der Waals surface area contributed by atoms with Gasteiger partial charge in [-0.1, -0.05) is 0 Å². The summed E-state index contributed by atoms with van der Waals surface area (Å²) in [5, 5.41) is 19.5. The molecule has 1 aliphatic heterocycles. The van der Waals surface area contributed by atoms with Crippen LogP contribution in [0, 0.1) is 16.0 Å². The fourth-order valence-corrected chi connectivity index (χ4v) is 2.62. The molecule has 1 aliphatic rings. The minimum absolute atomic E-state index is 0.0626. The van der Waals surface area contributed by atoms with E-state index in [1.807, 2.05) is 0 Å². The number of nitro groups is 1. The zero-order chi connectivity index (χ0) is 18.2. The van der Waals surface area contributed by atoms with E-state index < -0.39 is 10.8 Å². The number of piperidine rings is 1. The van der Waals surface area contributed by atoms with Crippen molar-refractivity contribution in [3.05, 3.63) is 33.9 Å². The lowest BCUT2D eigenvalue weighted by Gasteiger charge is -2.22. The molecule has 0 spiro atoms. The molecule has 1 aromatic rings. The molecule has 0 saturated carbocycles. The molecule has 1 aromatic carbocycles. The number of nitrogens with one attached hydrogen (secondary N) is 3. The number of amides is 2. The minimum Gasteiger partial charge on any atom is -0.383 e. The largest absolute Gasteiger partial charge is 0.383 e. The van der Waals surface area contributed by atoms with E-state index in [1.54, 1.807) is 0 Å². The van der Waals surface area contributed by atoms with Gasteiger partial charge >= 0.3 is 0 Å². The van der Waals surface area contributed by atoms with Gasteiger partial charge in [0, 0.05) is 31.7 Å². The van der Waals surface area contributed by atoms with E-state index in [0.717, 1.165) is 13.1 Å². The molecule has 0 unspecified atom stereocenters. The normalized spacial score (nSPS) is 14.8. The van der Waals surface area contributed by atoms with Crippen molar-refractivity contribution in [1.29, 1.82) is 0 Å². The van der Waals surface area contributed by atoms with E-state index in [1.165, 1.54) is 25.3 Å². The predicted molar refractivity (Wildman–Crippen MR) is 91.5 cm³/mol. The number of anilines is 1. The summed E-state index contributed by atoms with van der Waals surface area (Å²) in [5.41, 5.74) is 0.119. The van der Waals surface area contributed by atoms with Gasteiger partial charge in [0.25, 0.3) is 11.6 Å². The molecule has 9 nitrogen and oxygen atoms in total. The first kappa shape index (κ1) is 18.8. The standard InChI is InChI=1S/C16H22N4O5/c1-25-9-8-18-16(22)13-10-12(20(23)24)2-3-14(13)19-15(21)11-4-6-17-7-5-11/h2-3,10-11,17H,4-9H2,1H3,(H,18,22)(H,19,21). The first-order valence-corrected chi connectivity index (χ1v) is 8.10. The number of benzene rings is 1. The van der Waals surface area contributed by atoms with Crippen LogP contribution in [0.1, 0.15) is 23.2 Å². The molecule has 25 heavy (non-hydrogen) atoms. The molecule has 1 fully saturated rings. The zero-order valence-electron chi connectivity index (χ0n) is 14.0. The fraction of sp³-hybridized carbons (Fsp3) is 0.500. The van der Waals surface area contributed by atoms with Gasteiger partial charge < -0.3 is 20.7 Å². The maximum Gasteiger partial charge on any atom is 0.270 e. The van der Waals surface area contributed by atoms with Crippen molar-refractivity contribution >= 4 is 23.2 Å². The van der Waals surface area contributed by atoms with Gasteiger partial charge in [0.15, 0.2) is 0 Å². The van der Waals surface area contributed by atoms with Crippen molar-refractivity contribution in [3.8, 4) is 0 Å². The fourth-order valence-electron chi connectivity index (χ4n) is 2.62.